The number of rotatable bonds is 9. The van der Waals surface area contributed by atoms with E-state index in [1.54, 1.807) is 18.2 Å². The smallest absolute Gasteiger partial charge is 0.325 e. The standard InChI is InChI=1S/C41H40Cl2FN7O2/c1-22-30-19-34(23(2)49-14-7-15-50(41(49)53)28-10-4-8-25(16-28)20-46-24(3)52)51(39-27-18-33(39)47-21-27)40(30)31-17-26(9-6-13-45)35(37(44)38(31)48-22)29-11-5-12-32(42)36(29)43/h4-5,8,10-12,16-17,19,23,27,33,39,47H,6-7,9,14-15,18,20-21H2,1-3H3,(H,46,52)/t23-,27-,33-,39+/m1/s1. The van der Waals surface area contributed by atoms with Gasteiger partial charge in [-0.1, -0.05) is 47.5 Å². The van der Waals surface area contributed by atoms with Crippen LogP contribution in [0, 0.1) is 30.0 Å². The molecule has 2 aromatic heterocycles. The molecule has 3 saturated heterocycles. The van der Waals surface area contributed by atoms with Crippen LogP contribution in [0.3, 0.4) is 0 Å². The van der Waals surface area contributed by atoms with Crippen molar-refractivity contribution in [2.75, 3.05) is 24.5 Å². The first-order chi connectivity index (χ1) is 25.6. The lowest BCUT2D eigenvalue weighted by Gasteiger charge is -2.42. The van der Waals surface area contributed by atoms with Crippen molar-refractivity contribution in [3.63, 3.8) is 0 Å². The number of halogens is 3. The second-order valence-corrected chi connectivity index (χ2v) is 15.3. The summed E-state index contributed by atoms with van der Waals surface area (Å²) in [7, 11) is 0. The number of urea groups is 1. The van der Waals surface area contributed by atoms with Crippen LogP contribution in [0.1, 0.15) is 67.7 Å². The van der Waals surface area contributed by atoms with Crippen molar-refractivity contribution >= 4 is 62.6 Å². The molecule has 3 amide bonds. The number of hydrogen-bond acceptors (Lipinski definition) is 5. The summed E-state index contributed by atoms with van der Waals surface area (Å²) in [4.78, 5) is 34.6. The Morgan fingerprint density at radius 1 is 1.15 bits per heavy atom. The maximum absolute atomic E-state index is 17.1. The Hall–Kier alpha value is -4.69. The predicted octanol–water partition coefficient (Wildman–Crippen LogP) is 8.63. The highest BCUT2D eigenvalue weighted by atomic mass is 35.5. The largest absolute Gasteiger partial charge is 0.352 e. The number of carbonyl (C=O) groups is 2. The zero-order valence-electron chi connectivity index (χ0n) is 29.8. The molecule has 2 N–H and O–H groups in total. The number of aromatic nitrogens is 2. The first kappa shape index (κ1) is 35.3. The fourth-order valence-electron chi connectivity index (χ4n) is 8.73. The Bertz CT molecular complexity index is 2340. The van der Waals surface area contributed by atoms with Gasteiger partial charge in [-0.2, -0.15) is 5.26 Å². The van der Waals surface area contributed by atoms with Crippen LogP contribution in [0.4, 0.5) is 14.9 Å². The lowest BCUT2D eigenvalue weighted by atomic mass is 9.79. The Morgan fingerprint density at radius 2 is 1.96 bits per heavy atom. The van der Waals surface area contributed by atoms with Crippen LogP contribution < -0.4 is 15.5 Å². The zero-order valence-corrected chi connectivity index (χ0v) is 31.4. The van der Waals surface area contributed by atoms with Gasteiger partial charge >= 0.3 is 6.03 Å². The molecule has 272 valence electrons. The molecule has 1 saturated carbocycles. The number of nitrogens with one attached hydrogen (secondary N) is 2. The molecule has 12 heteroatoms. The van der Waals surface area contributed by atoms with Gasteiger partial charge in [-0.05, 0) is 80.5 Å². The van der Waals surface area contributed by atoms with Gasteiger partial charge in [0.05, 0.1) is 33.7 Å². The molecule has 9 rings (SSSR count). The molecule has 5 aromatic rings. The molecule has 9 nitrogen and oxygen atoms in total. The Labute approximate surface area is 317 Å². The quantitative estimate of drug-likeness (QED) is 0.157. The van der Waals surface area contributed by atoms with Gasteiger partial charge in [-0.15, -0.1) is 0 Å². The number of pyridine rings is 1. The van der Waals surface area contributed by atoms with E-state index in [1.807, 2.05) is 47.1 Å². The van der Waals surface area contributed by atoms with Crippen LogP contribution in [-0.2, 0) is 17.8 Å². The van der Waals surface area contributed by atoms with Crippen molar-refractivity contribution < 1.29 is 14.0 Å². The van der Waals surface area contributed by atoms with Gasteiger partial charge in [-0.25, -0.2) is 14.2 Å². The fraction of sp³-hybridized carbons (Fsp3) is 0.366. The van der Waals surface area contributed by atoms with Crippen molar-refractivity contribution in [2.24, 2.45) is 5.92 Å². The Kier molecular flexibility index (Phi) is 9.30. The minimum Gasteiger partial charge on any atom is -0.352 e. The van der Waals surface area contributed by atoms with Crippen LogP contribution in [0.25, 0.3) is 32.9 Å². The van der Waals surface area contributed by atoms with Gasteiger partial charge in [0.15, 0.2) is 5.82 Å². The fourth-order valence-corrected chi connectivity index (χ4v) is 9.12. The van der Waals surface area contributed by atoms with Gasteiger partial charge in [-0.3, -0.25) is 9.69 Å². The van der Waals surface area contributed by atoms with E-state index in [9.17, 15) is 14.9 Å². The van der Waals surface area contributed by atoms with Crippen LogP contribution in [-0.4, -0.2) is 52.1 Å². The van der Waals surface area contributed by atoms with E-state index in [0.29, 0.717) is 64.8 Å². The summed E-state index contributed by atoms with van der Waals surface area (Å²) in [5.41, 5.74) is 5.94. The number of nitriles is 1. The minimum absolute atomic E-state index is 0.0838. The van der Waals surface area contributed by atoms with E-state index >= 15 is 4.39 Å². The first-order valence-electron chi connectivity index (χ1n) is 18.2. The van der Waals surface area contributed by atoms with Crippen LogP contribution >= 0.6 is 23.2 Å². The average Bonchev–Trinajstić information content (AvgIpc) is 3.89. The molecule has 4 atom stereocenters. The summed E-state index contributed by atoms with van der Waals surface area (Å²) >= 11 is 13.1. The summed E-state index contributed by atoms with van der Waals surface area (Å²) in [5.74, 6) is -0.207. The van der Waals surface area contributed by atoms with E-state index in [0.717, 1.165) is 47.2 Å². The maximum atomic E-state index is 17.1. The average molecular weight is 753 g/mol. The third kappa shape index (κ3) is 5.99. The molecule has 2 bridgehead atoms. The normalized spacial score (nSPS) is 20.2. The minimum atomic E-state index is -0.496. The number of aryl methyl sites for hydroxylation is 2. The second-order valence-electron chi connectivity index (χ2n) is 14.5. The van der Waals surface area contributed by atoms with Gasteiger partial charge in [0.25, 0.3) is 0 Å². The molecular formula is C41H40Cl2FN7O2. The van der Waals surface area contributed by atoms with E-state index in [1.165, 1.54) is 6.92 Å². The molecular weight excluding hydrogens is 712 g/mol. The third-order valence-corrected chi connectivity index (χ3v) is 12.2. The monoisotopic (exact) mass is 751 g/mol. The summed E-state index contributed by atoms with van der Waals surface area (Å²) < 4.78 is 19.5. The second kappa shape index (κ2) is 13.9. The topological polar surface area (TPSA) is 106 Å². The summed E-state index contributed by atoms with van der Waals surface area (Å²) in [6.45, 7) is 7.94. The highest BCUT2D eigenvalue weighted by Crippen LogP contribution is 2.50. The summed E-state index contributed by atoms with van der Waals surface area (Å²) in [6.07, 6.45) is 2.36. The van der Waals surface area contributed by atoms with Crippen LogP contribution in [0.2, 0.25) is 10.0 Å². The Morgan fingerprint density at radius 3 is 2.70 bits per heavy atom. The van der Waals surface area contributed by atoms with Gasteiger partial charge < -0.3 is 20.1 Å². The number of benzene rings is 3. The molecule has 53 heavy (non-hydrogen) atoms. The lowest BCUT2D eigenvalue weighted by Crippen LogP contribution is -2.51. The van der Waals surface area contributed by atoms with Crippen molar-refractivity contribution in [3.8, 4) is 17.2 Å². The molecule has 0 radical (unpaired) electrons. The van der Waals surface area contributed by atoms with Crippen molar-refractivity contribution in [1.29, 1.82) is 5.26 Å². The molecule has 0 spiro atoms. The third-order valence-electron chi connectivity index (χ3n) is 11.3. The van der Waals surface area contributed by atoms with E-state index in [-0.39, 0.29) is 47.0 Å². The summed E-state index contributed by atoms with van der Waals surface area (Å²) in [5, 5.41) is 18.3. The van der Waals surface area contributed by atoms with E-state index < -0.39 is 5.82 Å². The number of nitrogens with zero attached hydrogens (tertiary/aromatic N) is 5. The zero-order chi connectivity index (χ0) is 37.1. The molecule has 4 fully saturated rings. The van der Waals surface area contributed by atoms with E-state index in [2.05, 4.69) is 34.3 Å². The Balaban J connectivity index is 1.28. The van der Waals surface area contributed by atoms with Crippen molar-refractivity contribution in [1.82, 2.24) is 25.1 Å². The van der Waals surface area contributed by atoms with E-state index in [4.69, 9.17) is 28.2 Å². The number of hydrogen-bond donors (Lipinski definition) is 2. The summed E-state index contributed by atoms with van der Waals surface area (Å²) in [6, 6.07) is 19.3. The number of amides is 3. The van der Waals surface area contributed by atoms with Gasteiger partial charge in [0, 0.05) is 84.5 Å². The van der Waals surface area contributed by atoms with Crippen molar-refractivity contribution in [2.45, 2.75) is 71.1 Å². The molecule has 4 aliphatic rings. The highest BCUT2D eigenvalue weighted by Gasteiger charge is 2.49. The number of carbonyl (C=O) groups excluding carboxylic acids is 2. The van der Waals surface area contributed by atoms with Crippen LogP contribution in [0.5, 0.6) is 0 Å². The van der Waals surface area contributed by atoms with Gasteiger partial charge in [0.1, 0.15) is 5.52 Å². The molecule has 0 unspecified atom stereocenters. The first-order valence-corrected chi connectivity index (χ1v) is 19.0. The SMILES string of the molecule is CC(=O)NCc1cccc(N2CCCN([C@H](C)c3cc4c(C)nc5c(F)c(-c6cccc(Cl)c6Cl)c(CCC#N)cc5c4n3[C@H]3[C@H]4CN[C@@H]3C4)C2=O)c1. The van der Waals surface area contributed by atoms with Gasteiger partial charge in [0.2, 0.25) is 5.91 Å². The lowest BCUT2D eigenvalue weighted by molar-refractivity contribution is -0.119. The number of anilines is 1. The molecule has 3 aliphatic heterocycles. The molecule has 1 aliphatic carbocycles. The highest BCUT2D eigenvalue weighted by molar-refractivity contribution is 6.43. The maximum Gasteiger partial charge on any atom is 0.325 e. The number of fused-ring (bicyclic) bond motifs is 4. The molecule has 3 aromatic carbocycles. The van der Waals surface area contributed by atoms with Crippen LogP contribution in [0.15, 0.2) is 54.6 Å². The van der Waals surface area contributed by atoms with Crippen molar-refractivity contribution in [3.05, 3.63) is 93.0 Å². The predicted molar refractivity (Wildman–Crippen MR) is 207 cm³/mol. The molecule has 5 heterocycles.